The first-order valence-electron chi connectivity index (χ1n) is 4.59. The molecule has 1 heterocycles. The summed E-state index contributed by atoms with van der Waals surface area (Å²) in [6, 6.07) is 7.42. The molecule has 0 N–H and O–H groups in total. The van der Waals surface area contributed by atoms with E-state index in [2.05, 4.69) is 26.1 Å². The van der Waals surface area contributed by atoms with Crippen molar-refractivity contribution in [2.45, 2.75) is 6.92 Å². The molecule has 0 aliphatic carbocycles. The van der Waals surface area contributed by atoms with Gasteiger partial charge >= 0.3 is 0 Å². The highest BCUT2D eigenvalue weighted by Gasteiger charge is 2.13. The van der Waals surface area contributed by atoms with Gasteiger partial charge in [-0.3, -0.25) is 4.79 Å². The molecule has 2 aromatic rings. The third-order valence-electron chi connectivity index (χ3n) is 2.01. The first kappa shape index (κ1) is 10.8. The predicted molar refractivity (Wildman–Crippen MR) is 62.7 cm³/mol. The zero-order chi connectivity index (χ0) is 11.5. The van der Waals surface area contributed by atoms with Gasteiger partial charge < -0.3 is 0 Å². The molecule has 1 aromatic heterocycles. The average molecular weight is 281 g/mol. The Balaban J connectivity index is 2.41. The number of halogens is 1. The molecule has 1 amide bonds. The number of amides is 1. The average Bonchev–Trinajstić information content (AvgIpc) is 2.74. The number of anilines is 1. The van der Waals surface area contributed by atoms with Gasteiger partial charge in [-0.1, -0.05) is 15.9 Å². The standard InChI is InChI=1S/C10H9BrN4O/c1-8(16)15(14-6-12-13-7-14)10-4-2-9(11)3-5-10/h2-7H,1H3. The topological polar surface area (TPSA) is 51.0 Å². The fraction of sp³-hybridized carbons (Fsp3) is 0.100. The molecule has 0 atom stereocenters. The van der Waals surface area contributed by atoms with Crippen LogP contribution < -0.4 is 5.01 Å². The minimum atomic E-state index is -0.109. The summed E-state index contributed by atoms with van der Waals surface area (Å²) in [5, 5.41) is 8.84. The van der Waals surface area contributed by atoms with Gasteiger partial charge in [-0.05, 0) is 24.3 Å². The van der Waals surface area contributed by atoms with E-state index < -0.39 is 0 Å². The third-order valence-corrected chi connectivity index (χ3v) is 2.54. The smallest absolute Gasteiger partial charge is 0.243 e. The highest BCUT2D eigenvalue weighted by molar-refractivity contribution is 9.10. The van der Waals surface area contributed by atoms with E-state index >= 15 is 0 Å². The van der Waals surface area contributed by atoms with Crippen molar-refractivity contribution in [3.63, 3.8) is 0 Å². The van der Waals surface area contributed by atoms with Gasteiger partial charge in [-0.15, -0.1) is 10.2 Å². The zero-order valence-corrected chi connectivity index (χ0v) is 10.1. The second-order valence-electron chi connectivity index (χ2n) is 3.15. The fourth-order valence-electron chi connectivity index (χ4n) is 1.36. The van der Waals surface area contributed by atoms with Crippen LogP contribution >= 0.6 is 15.9 Å². The van der Waals surface area contributed by atoms with Crippen LogP contribution in [0.1, 0.15) is 6.92 Å². The summed E-state index contributed by atoms with van der Waals surface area (Å²) < 4.78 is 2.49. The van der Waals surface area contributed by atoms with Crippen LogP contribution in [-0.4, -0.2) is 20.8 Å². The molecule has 2 rings (SSSR count). The minimum Gasteiger partial charge on any atom is -0.273 e. The van der Waals surface area contributed by atoms with Crippen LogP contribution in [0, 0.1) is 0 Å². The quantitative estimate of drug-likeness (QED) is 0.844. The molecule has 82 valence electrons. The van der Waals surface area contributed by atoms with Crippen LogP contribution in [0.15, 0.2) is 41.4 Å². The lowest BCUT2D eigenvalue weighted by Gasteiger charge is -2.20. The second-order valence-corrected chi connectivity index (χ2v) is 4.06. The van der Waals surface area contributed by atoms with E-state index in [1.54, 1.807) is 0 Å². The first-order chi connectivity index (χ1) is 7.68. The van der Waals surface area contributed by atoms with Gasteiger partial charge in [0.1, 0.15) is 12.7 Å². The van der Waals surface area contributed by atoms with E-state index in [0.717, 1.165) is 10.2 Å². The van der Waals surface area contributed by atoms with Crippen molar-refractivity contribution < 1.29 is 4.79 Å². The number of carbonyl (C=O) groups is 1. The number of carbonyl (C=O) groups excluding carboxylic acids is 1. The molecular weight excluding hydrogens is 272 g/mol. The van der Waals surface area contributed by atoms with Crippen molar-refractivity contribution in [2.75, 3.05) is 5.01 Å². The van der Waals surface area contributed by atoms with Crippen molar-refractivity contribution >= 4 is 27.5 Å². The zero-order valence-electron chi connectivity index (χ0n) is 8.54. The van der Waals surface area contributed by atoms with Crippen LogP contribution in [0.3, 0.4) is 0 Å². The molecule has 0 spiro atoms. The summed E-state index contributed by atoms with van der Waals surface area (Å²) in [6.45, 7) is 1.49. The second kappa shape index (κ2) is 4.44. The van der Waals surface area contributed by atoms with Crippen LogP contribution in [-0.2, 0) is 4.79 Å². The number of aromatic nitrogens is 3. The number of nitrogens with zero attached hydrogens (tertiary/aromatic N) is 4. The van der Waals surface area contributed by atoms with Crippen LogP contribution in [0.5, 0.6) is 0 Å². The summed E-state index contributed by atoms with van der Waals surface area (Å²) in [5.74, 6) is -0.109. The molecule has 0 aliphatic heterocycles. The first-order valence-corrected chi connectivity index (χ1v) is 5.39. The molecule has 0 fully saturated rings. The molecular formula is C10H9BrN4O. The van der Waals surface area contributed by atoms with Crippen molar-refractivity contribution in [1.82, 2.24) is 14.9 Å². The van der Waals surface area contributed by atoms with E-state index in [-0.39, 0.29) is 5.91 Å². The van der Waals surface area contributed by atoms with E-state index in [1.807, 2.05) is 24.3 Å². The van der Waals surface area contributed by atoms with Gasteiger partial charge in [0.15, 0.2) is 0 Å². The minimum absolute atomic E-state index is 0.109. The van der Waals surface area contributed by atoms with E-state index in [4.69, 9.17) is 0 Å². The Hall–Kier alpha value is -1.69. The Kier molecular flexibility index (Phi) is 3.00. The van der Waals surface area contributed by atoms with E-state index in [0.29, 0.717) is 0 Å². The summed E-state index contributed by atoms with van der Waals surface area (Å²) in [4.78, 5) is 11.6. The fourth-order valence-corrected chi connectivity index (χ4v) is 1.62. The molecule has 0 aliphatic rings. The lowest BCUT2D eigenvalue weighted by atomic mass is 10.3. The molecule has 0 bridgehead atoms. The molecule has 0 radical (unpaired) electrons. The Morgan fingerprint density at radius 3 is 2.31 bits per heavy atom. The summed E-state index contributed by atoms with van der Waals surface area (Å²) >= 11 is 3.35. The van der Waals surface area contributed by atoms with E-state index in [9.17, 15) is 4.79 Å². The molecule has 6 heteroatoms. The number of rotatable bonds is 2. The SMILES string of the molecule is CC(=O)N(c1ccc(Br)cc1)n1cnnc1. The highest BCUT2D eigenvalue weighted by atomic mass is 79.9. The lowest BCUT2D eigenvalue weighted by molar-refractivity contribution is -0.117. The molecule has 0 unspecified atom stereocenters. The Morgan fingerprint density at radius 2 is 1.81 bits per heavy atom. The van der Waals surface area contributed by atoms with Gasteiger partial charge in [0.05, 0.1) is 5.69 Å². The Labute approximate surface area is 101 Å². The molecule has 0 saturated heterocycles. The van der Waals surface area contributed by atoms with Crippen LogP contribution in [0.4, 0.5) is 5.69 Å². The van der Waals surface area contributed by atoms with Crippen molar-refractivity contribution in [3.05, 3.63) is 41.4 Å². The predicted octanol–water partition coefficient (Wildman–Crippen LogP) is 1.86. The van der Waals surface area contributed by atoms with Crippen molar-refractivity contribution in [3.8, 4) is 0 Å². The van der Waals surface area contributed by atoms with Gasteiger partial charge in [-0.25, -0.2) is 9.69 Å². The maximum absolute atomic E-state index is 11.6. The normalized spacial score (nSPS) is 10.1. The monoisotopic (exact) mass is 280 g/mol. The molecule has 1 aromatic carbocycles. The van der Waals surface area contributed by atoms with Gasteiger partial charge in [0, 0.05) is 11.4 Å². The maximum Gasteiger partial charge on any atom is 0.243 e. The number of benzene rings is 1. The van der Waals surface area contributed by atoms with Crippen LogP contribution in [0.25, 0.3) is 0 Å². The summed E-state index contributed by atoms with van der Waals surface area (Å²) in [7, 11) is 0. The summed E-state index contributed by atoms with van der Waals surface area (Å²) in [6.07, 6.45) is 2.95. The van der Waals surface area contributed by atoms with Gasteiger partial charge in [-0.2, -0.15) is 0 Å². The number of hydrogen-bond donors (Lipinski definition) is 0. The largest absolute Gasteiger partial charge is 0.273 e. The Bertz CT molecular complexity index is 480. The Morgan fingerprint density at radius 1 is 1.25 bits per heavy atom. The van der Waals surface area contributed by atoms with Gasteiger partial charge in [0.2, 0.25) is 5.91 Å². The van der Waals surface area contributed by atoms with Crippen LogP contribution in [0.2, 0.25) is 0 Å². The lowest BCUT2D eigenvalue weighted by Crippen LogP contribution is -2.32. The molecule has 0 saturated carbocycles. The summed E-state index contributed by atoms with van der Waals surface area (Å²) in [5.41, 5.74) is 0.760. The third kappa shape index (κ3) is 2.11. The number of hydrogen-bond acceptors (Lipinski definition) is 3. The van der Waals surface area contributed by atoms with Crippen molar-refractivity contribution in [2.24, 2.45) is 0 Å². The maximum atomic E-state index is 11.6. The van der Waals surface area contributed by atoms with Crippen molar-refractivity contribution in [1.29, 1.82) is 0 Å². The van der Waals surface area contributed by atoms with Gasteiger partial charge in [0.25, 0.3) is 0 Å². The van der Waals surface area contributed by atoms with E-state index in [1.165, 1.54) is 29.3 Å². The molecule has 5 nitrogen and oxygen atoms in total. The molecule has 16 heavy (non-hydrogen) atoms. The highest BCUT2D eigenvalue weighted by Crippen LogP contribution is 2.18.